The summed E-state index contributed by atoms with van der Waals surface area (Å²) in [6.07, 6.45) is -4.87. The molecule has 0 radical (unpaired) electrons. The molecule has 2 atom stereocenters. The summed E-state index contributed by atoms with van der Waals surface area (Å²) in [6.45, 7) is 3.88. The van der Waals surface area contributed by atoms with Gasteiger partial charge in [-0.05, 0) is 60.2 Å². The van der Waals surface area contributed by atoms with Crippen molar-refractivity contribution in [3.63, 3.8) is 0 Å². The van der Waals surface area contributed by atoms with Gasteiger partial charge in [0.15, 0.2) is 0 Å². The lowest BCUT2D eigenvalue weighted by atomic mass is 10.00. The molecule has 218 valence electrons. The second kappa shape index (κ2) is 11.0. The maximum Gasteiger partial charge on any atom is 0.389 e. The van der Waals surface area contributed by atoms with Gasteiger partial charge in [0.1, 0.15) is 11.6 Å². The number of likely N-dealkylation sites (tertiary alicyclic amines) is 1. The maximum atomic E-state index is 14.3. The third-order valence-electron chi connectivity index (χ3n) is 7.71. The number of rotatable bonds is 5. The smallest absolute Gasteiger partial charge is 0.378 e. The van der Waals surface area contributed by atoms with Gasteiger partial charge < -0.3 is 30.5 Å². The molecule has 3 aliphatic heterocycles. The molecule has 0 unspecified atom stereocenters. The molecule has 40 heavy (non-hydrogen) atoms. The van der Waals surface area contributed by atoms with Crippen molar-refractivity contribution < 1.29 is 31.5 Å². The number of alkyl halides is 5. The van der Waals surface area contributed by atoms with Gasteiger partial charge >= 0.3 is 12.2 Å². The van der Waals surface area contributed by atoms with Gasteiger partial charge in [-0.25, -0.2) is 18.6 Å². The van der Waals surface area contributed by atoms with Crippen LogP contribution in [0.25, 0.3) is 11.1 Å². The molecule has 3 aliphatic rings. The monoisotopic (exact) mass is 568 g/mol. The van der Waals surface area contributed by atoms with Crippen LogP contribution in [-0.2, 0) is 4.74 Å². The van der Waals surface area contributed by atoms with Crippen molar-refractivity contribution in [3.8, 4) is 11.1 Å². The van der Waals surface area contributed by atoms with Crippen LogP contribution in [0.3, 0.4) is 0 Å². The summed E-state index contributed by atoms with van der Waals surface area (Å²) in [5, 5.41) is 2.81. The first kappa shape index (κ1) is 28.3. The lowest BCUT2D eigenvalue weighted by molar-refractivity contribution is -0.143. The molecule has 1 aromatic carbocycles. The topological polar surface area (TPSA) is 87.0 Å². The van der Waals surface area contributed by atoms with E-state index in [4.69, 9.17) is 15.5 Å². The van der Waals surface area contributed by atoms with Crippen LogP contribution in [-0.4, -0.2) is 86.5 Å². The minimum Gasteiger partial charge on any atom is -0.378 e. The first-order valence-electron chi connectivity index (χ1n) is 13.3. The number of amides is 2. The quantitative estimate of drug-likeness (QED) is 0.518. The fourth-order valence-electron chi connectivity index (χ4n) is 5.48. The number of morpholine rings is 1. The Morgan fingerprint density at radius 2 is 1.80 bits per heavy atom. The van der Waals surface area contributed by atoms with Crippen LogP contribution in [0.2, 0.25) is 0 Å². The van der Waals surface area contributed by atoms with Gasteiger partial charge in [-0.3, -0.25) is 0 Å². The summed E-state index contributed by atoms with van der Waals surface area (Å²) in [4.78, 5) is 22.5. The van der Waals surface area contributed by atoms with Crippen molar-refractivity contribution in [1.82, 2.24) is 9.88 Å². The molecule has 0 aliphatic carbocycles. The number of carbonyl (C=O) groups excluding carboxylic acids is 1. The maximum absolute atomic E-state index is 14.3. The van der Waals surface area contributed by atoms with Crippen molar-refractivity contribution in [1.29, 1.82) is 0 Å². The normalized spacial score (nSPS) is 23.1. The van der Waals surface area contributed by atoms with Crippen molar-refractivity contribution in [2.75, 3.05) is 67.6 Å². The zero-order valence-corrected chi connectivity index (χ0v) is 22.2. The summed E-state index contributed by atoms with van der Waals surface area (Å²) in [6, 6.07) is 7.21. The van der Waals surface area contributed by atoms with E-state index in [1.807, 2.05) is 24.0 Å². The number of ether oxygens (including phenoxy) is 1. The minimum atomic E-state index is -4.26. The van der Waals surface area contributed by atoms with E-state index >= 15 is 0 Å². The summed E-state index contributed by atoms with van der Waals surface area (Å²) in [7, 11) is 0. The molecule has 1 aromatic heterocycles. The van der Waals surface area contributed by atoms with E-state index in [0.717, 1.165) is 16.7 Å². The van der Waals surface area contributed by atoms with E-state index < -0.39 is 43.1 Å². The first-order valence-corrected chi connectivity index (χ1v) is 13.3. The van der Waals surface area contributed by atoms with E-state index in [1.165, 1.54) is 9.80 Å². The van der Waals surface area contributed by atoms with Crippen LogP contribution in [0.4, 0.5) is 44.1 Å². The van der Waals surface area contributed by atoms with Crippen LogP contribution < -0.4 is 20.9 Å². The molecular formula is C27H33F5N6O2. The molecule has 3 fully saturated rings. The second-order valence-electron chi connectivity index (χ2n) is 10.8. The molecular weight excluding hydrogens is 535 g/mol. The summed E-state index contributed by atoms with van der Waals surface area (Å²) in [5.41, 5.74) is 8.57. The van der Waals surface area contributed by atoms with E-state index in [-0.39, 0.29) is 19.6 Å². The number of aromatic nitrogens is 1. The number of pyridine rings is 1. The molecule has 8 nitrogen and oxygen atoms in total. The number of nitrogens with two attached hydrogens (primary N) is 1. The lowest BCUT2D eigenvalue weighted by Gasteiger charge is -2.29. The summed E-state index contributed by atoms with van der Waals surface area (Å²) >= 11 is 0. The van der Waals surface area contributed by atoms with E-state index in [9.17, 15) is 26.7 Å². The standard InChI is InChI=1S/C27H33F5N6O2/c1-17-2-3-20(34-25(39)37-5-4-18(14-37)13-27(30,31)32)12-21(17)19-10-23(36-6-8-40-9-7-36)35-24(11-19)38-15-22(33)26(28,29)16-38/h2-3,10-12,18,22H,4-9,13-16,33H2,1H3,(H,34,39)/t18-,22+/m0/s1. The Balaban J connectivity index is 1.40. The Hall–Kier alpha value is -3.19. The predicted octanol–water partition coefficient (Wildman–Crippen LogP) is 4.48. The number of anilines is 3. The highest BCUT2D eigenvalue weighted by Crippen LogP contribution is 2.36. The van der Waals surface area contributed by atoms with Crippen LogP contribution in [0.1, 0.15) is 18.4 Å². The number of urea groups is 1. The van der Waals surface area contributed by atoms with Crippen molar-refractivity contribution >= 4 is 23.4 Å². The van der Waals surface area contributed by atoms with Crippen LogP contribution in [0, 0.1) is 12.8 Å². The van der Waals surface area contributed by atoms with Crippen LogP contribution >= 0.6 is 0 Å². The highest BCUT2D eigenvalue weighted by atomic mass is 19.4. The van der Waals surface area contributed by atoms with E-state index in [2.05, 4.69) is 5.32 Å². The third kappa shape index (κ3) is 6.41. The van der Waals surface area contributed by atoms with Crippen molar-refractivity contribution in [2.24, 2.45) is 11.7 Å². The number of hydrogen-bond acceptors (Lipinski definition) is 6. The number of benzene rings is 1. The van der Waals surface area contributed by atoms with E-state index in [0.29, 0.717) is 50.0 Å². The van der Waals surface area contributed by atoms with Gasteiger partial charge in [0.25, 0.3) is 5.92 Å². The Kier molecular flexibility index (Phi) is 7.79. The molecule has 0 saturated carbocycles. The van der Waals surface area contributed by atoms with Gasteiger partial charge in [-0.15, -0.1) is 0 Å². The fraction of sp³-hybridized carbons (Fsp3) is 0.556. The second-order valence-corrected chi connectivity index (χ2v) is 10.8. The van der Waals surface area contributed by atoms with Crippen LogP contribution in [0.15, 0.2) is 30.3 Å². The SMILES string of the molecule is Cc1ccc(NC(=O)N2CC[C@@H](CC(F)(F)F)C2)cc1-c1cc(N2CCOCC2)nc(N2C[C@@H](N)C(F)(F)C2)c1. The molecule has 13 heteroatoms. The Morgan fingerprint density at radius 3 is 2.45 bits per heavy atom. The molecule has 0 spiro atoms. The third-order valence-corrected chi connectivity index (χ3v) is 7.71. The van der Waals surface area contributed by atoms with Gasteiger partial charge in [0.2, 0.25) is 0 Å². The van der Waals surface area contributed by atoms with Gasteiger partial charge in [0, 0.05) is 44.8 Å². The number of aryl methyl sites for hydroxylation is 1. The van der Waals surface area contributed by atoms with Crippen molar-refractivity contribution in [2.45, 2.75) is 37.9 Å². The van der Waals surface area contributed by atoms with Gasteiger partial charge in [-0.2, -0.15) is 13.2 Å². The highest BCUT2D eigenvalue weighted by molar-refractivity contribution is 5.91. The summed E-state index contributed by atoms with van der Waals surface area (Å²) in [5.74, 6) is -2.64. The average Bonchev–Trinajstić information content (AvgIpc) is 3.47. The zero-order valence-electron chi connectivity index (χ0n) is 22.2. The first-order chi connectivity index (χ1) is 18.9. The van der Waals surface area contributed by atoms with Crippen molar-refractivity contribution in [3.05, 3.63) is 35.9 Å². The molecule has 0 bridgehead atoms. The molecule has 5 rings (SSSR count). The zero-order chi connectivity index (χ0) is 28.7. The van der Waals surface area contributed by atoms with Crippen LogP contribution in [0.5, 0.6) is 0 Å². The number of nitrogens with zero attached hydrogens (tertiary/aromatic N) is 4. The lowest BCUT2D eigenvalue weighted by Crippen LogP contribution is -2.38. The number of nitrogens with one attached hydrogen (secondary N) is 1. The van der Waals surface area contributed by atoms with Gasteiger partial charge in [0.05, 0.1) is 25.8 Å². The predicted molar refractivity (Wildman–Crippen MR) is 142 cm³/mol. The molecule has 4 heterocycles. The average molecular weight is 569 g/mol. The molecule has 2 aromatic rings. The van der Waals surface area contributed by atoms with E-state index in [1.54, 1.807) is 18.2 Å². The Labute approximate surface area is 229 Å². The number of hydrogen-bond donors (Lipinski definition) is 2. The van der Waals surface area contributed by atoms with Gasteiger partial charge in [-0.1, -0.05) is 6.07 Å². The molecule has 3 saturated heterocycles. The largest absolute Gasteiger partial charge is 0.389 e. The minimum absolute atomic E-state index is 0.0355. The highest BCUT2D eigenvalue weighted by Gasteiger charge is 2.46. The molecule has 3 N–H and O–H groups in total. The molecule has 2 amide bonds. The number of halogens is 5. The fourth-order valence-corrected chi connectivity index (χ4v) is 5.48. The Morgan fingerprint density at radius 1 is 1.10 bits per heavy atom. The Bertz CT molecular complexity index is 1240. The summed E-state index contributed by atoms with van der Waals surface area (Å²) < 4.78 is 72.4. The number of carbonyl (C=O) groups is 1.